The molecule has 45 heavy (non-hydrogen) atoms. The summed E-state index contributed by atoms with van der Waals surface area (Å²) in [6.07, 6.45) is 7.23. The lowest BCUT2D eigenvalue weighted by Crippen LogP contribution is -2.36. The smallest absolute Gasteiger partial charge is 0.338 e. The van der Waals surface area contributed by atoms with Crippen LogP contribution in [-0.4, -0.2) is 46.8 Å². The first-order valence-electron chi connectivity index (χ1n) is 14.8. The number of carbonyl (C=O) groups excluding carboxylic acids is 2. The van der Waals surface area contributed by atoms with E-state index in [0.29, 0.717) is 51.1 Å². The minimum absolute atomic E-state index is 0.201. The van der Waals surface area contributed by atoms with Gasteiger partial charge in [0, 0.05) is 40.9 Å². The molecule has 236 valence electrons. The van der Waals surface area contributed by atoms with Gasteiger partial charge >= 0.3 is 5.97 Å². The number of amides is 1. The highest BCUT2D eigenvalue weighted by molar-refractivity contribution is 6.31. The lowest BCUT2D eigenvalue weighted by atomic mass is 9.97. The molecule has 1 aliphatic heterocycles. The van der Waals surface area contributed by atoms with Crippen LogP contribution >= 0.6 is 11.6 Å². The van der Waals surface area contributed by atoms with E-state index in [1.807, 2.05) is 0 Å². The summed E-state index contributed by atoms with van der Waals surface area (Å²) in [4.78, 5) is 44.1. The van der Waals surface area contributed by atoms with Gasteiger partial charge in [-0.1, -0.05) is 11.6 Å². The van der Waals surface area contributed by atoms with Crippen molar-refractivity contribution in [2.75, 3.05) is 19.0 Å². The molecule has 10 nitrogen and oxygen atoms in total. The molecule has 0 bridgehead atoms. The van der Waals surface area contributed by atoms with Gasteiger partial charge in [-0.05, 0) is 88.1 Å². The van der Waals surface area contributed by atoms with Gasteiger partial charge < -0.3 is 23.9 Å². The number of rotatable bonds is 9. The number of hydrogen-bond donors (Lipinski definition) is 1. The number of esters is 1. The topological polar surface area (TPSA) is 122 Å². The molecule has 0 spiro atoms. The fourth-order valence-corrected chi connectivity index (χ4v) is 5.46. The molecule has 1 N–H and O–H groups in total. The highest BCUT2D eigenvalue weighted by atomic mass is 35.5. The summed E-state index contributed by atoms with van der Waals surface area (Å²) in [5.41, 5.74) is 1.55. The van der Waals surface area contributed by atoms with E-state index in [1.54, 1.807) is 75.6 Å². The van der Waals surface area contributed by atoms with E-state index in [1.165, 1.54) is 24.1 Å². The SMILES string of the molecule is COc1cn(C(C[C@@H]2CCCCO2)C(=O)Nc2ccc(C(=O)OC(C)(C)C)cc2)c(=O)cc1-c1cc(Cl)ccc1-c1cnco1. The monoisotopic (exact) mass is 633 g/mol. The Hall–Kier alpha value is -4.41. The number of benzene rings is 2. The van der Waals surface area contributed by atoms with Crippen LogP contribution in [0.3, 0.4) is 0 Å². The molecule has 1 amide bonds. The average Bonchev–Trinajstić information content (AvgIpc) is 3.55. The first kappa shape index (κ1) is 32.0. The van der Waals surface area contributed by atoms with Gasteiger partial charge in [-0.2, -0.15) is 0 Å². The highest BCUT2D eigenvalue weighted by Gasteiger charge is 2.29. The van der Waals surface area contributed by atoms with E-state index in [0.717, 1.165) is 19.3 Å². The highest BCUT2D eigenvalue weighted by Crippen LogP contribution is 2.38. The fraction of sp³-hybridized carbons (Fsp3) is 0.353. The van der Waals surface area contributed by atoms with Crippen molar-refractivity contribution in [1.29, 1.82) is 0 Å². The molecule has 1 fully saturated rings. The fourth-order valence-electron chi connectivity index (χ4n) is 5.29. The van der Waals surface area contributed by atoms with E-state index in [-0.39, 0.29) is 12.5 Å². The maximum atomic E-state index is 13.9. The van der Waals surface area contributed by atoms with Crippen LogP contribution < -0.4 is 15.6 Å². The van der Waals surface area contributed by atoms with Crippen molar-refractivity contribution >= 4 is 29.2 Å². The molecule has 1 saturated heterocycles. The van der Waals surface area contributed by atoms with Crippen molar-refractivity contribution < 1.29 is 28.2 Å². The van der Waals surface area contributed by atoms with E-state index in [4.69, 9.17) is 30.2 Å². The van der Waals surface area contributed by atoms with E-state index in [9.17, 15) is 14.4 Å². The third-order valence-electron chi connectivity index (χ3n) is 7.42. The van der Waals surface area contributed by atoms with Crippen molar-refractivity contribution in [3.8, 4) is 28.2 Å². The Kier molecular flexibility index (Phi) is 9.74. The standard InChI is InChI=1S/C34H36ClN3O7/c1-34(2,3)45-33(41)21-8-11-23(12-9-21)37-32(40)28(16-24-7-5-6-14-43-24)38-19-30(42-4)27(17-31(38)39)26-15-22(35)10-13-25(26)29-18-36-20-44-29/h8-13,15,17-20,24,28H,5-7,14,16H2,1-4H3,(H,37,40)/t24-,28?/m0/s1. The van der Waals surface area contributed by atoms with Crippen LogP contribution in [0.2, 0.25) is 5.02 Å². The Morgan fingerprint density at radius 1 is 1.09 bits per heavy atom. The second kappa shape index (κ2) is 13.7. The number of anilines is 1. The molecule has 5 rings (SSSR count). The Labute approximate surface area is 266 Å². The zero-order valence-corrected chi connectivity index (χ0v) is 26.4. The molecule has 0 saturated carbocycles. The molecule has 2 aromatic carbocycles. The van der Waals surface area contributed by atoms with Gasteiger partial charge in [0.2, 0.25) is 5.91 Å². The zero-order chi connectivity index (χ0) is 32.1. The Morgan fingerprint density at radius 2 is 1.87 bits per heavy atom. The molecule has 1 aliphatic rings. The number of nitrogens with zero attached hydrogens (tertiary/aromatic N) is 2. The van der Waals surface area contributed by atoms with Crippen molar-refractivity contribution in [2.45, 2.75) is 64.2 Å². The summed E-state index contributed by atoms with van der Waals surface area (Å²) in [6, 6.07) is 12.2. The van der Waals surface area contributed by atoms with E-state index < -0.39 is 29.1 Å². The predicted molar refractivity (Wildman–Crippen MR) is 171 cm³/mol. The minimum atomic E-state index is -0.915. The summed E-state index contributed by atoms with van der Waals surface area (Å²) < 4.78 is 24.1. The summed E-state index contributed by atoms with van der Waals surface area (Å²) in [5.74, 6) is -0.00666. The predicted octanol–water partition coefficient (Wildman–Crippen LogP) is 6.93. The van der Waals surface area contributed by atoms with Crippen LogP contribution in [-0.2, 0) is 14.3 Å². The molecule has 0 radical (unpaired) electrons. The second-order valence-corrected chi connectivity index (χ2v) is 12.3. The van der Waals surface area contributed by atoms with E-state index >= 15 is 0 Å². The Bertz CT molecular complexity index is 1700. The number of nitrogens with one attached hydrogen (secondary N) is 1. The normalized spacial score (nSPS) is 15.7. The van der Waals surface area contributed by atoms with Gasteiger partial charge in [-0.25, -0.2) is 9.78 Å². The molecule has 2 atom stereocenters. The largest absolute Gasteiger partial charge is 0.495 e. The number of methoxy groups -OCH3 is 1. The molecule has 4 aromatic rings. The second-order valence-electron chi connectivity index (χ2n) is 11.9. The van der Waals surface area contributed by atoms with Crippen molar-refractivity contribution in [3.63, 3.8) is 0 Å². The lowest BCUT2D eigenvalue weighted by Gasteiger charge is -2.28. The lowest BCUT2D eigenvalue weighted by molar-refractivity contribution is -0.121. The van der Waals surface area contributed by atoms with Gasteiger partial charge in [0.15, 0.2) is 12.2 Å². The molecular formula is C34H36ClN3O7. The number of ether oxygens (including phenoxy) is 3. The minimum Gasteiger partial charge on any atom is -0.495 e. The van der Waals surface area contributed by atoms with Crippen molar-refractivity contribution in [1.82, 2.24) is 9.55 Å². The number of carbonyl (C=O) groups is 2. The van der Waals surface area contributed by atoms with Gasteiger partial charge in [0.1, 0.15) is 17.4 Å². The van der Waals surface area contributed by atoms with Crippen LogP contribution in [0.4, 0.5) is 5.69 Å². The van der Waals surface area contributed by atoms with Crippen LogP contribution in [0.1, 0.15) is 62.9 Å². The Morgan fingerprint density at radius 3 is 2.51 bits per heavy atom. The number of pyridine rings is 1. The number of oxazole rings is 1. The summed E-state index contributed by atoms with van der Waals surface area (Å²) in [7, 11) is 1.50. The van der Waals surface area contributed by atoms with Crippen LogP contribution in [0.15, 0.2) is 76.5 Å². The van der Waals surface area contributed by atoms with Gasteiger partial charge in [-0.3, -0.25) is 14.2 Å². The van der Waals surface area contributed by atoms with Gasteiger partial charge in [0.25, 0.3) is 5.56 Å². The van der Waals surface area contributed by atoms with Crippen LogP contribution in [0, 0.1) is 0 Å². The number of aromatic nitrogens is 2. The van der Waals surface area contributed by atoms with Gasteiger partial charge in [-0.15, -0.1) is 0 Å². The number of hydrogen-bond acceptors (Lipinski definition) is 8. The van der Waals surface area contributed by atoms with Crippen LogP contribution in [0.25, 0.3) is 22.5 Å². The summed E-state index contributed by atoms with van der Waals surface area (Å²) >= 11 is 6.36. The summed E-state index contributed by atoms with van der Waals surface area (Å²) in [6.45, 7) is 5.98. The first-order valence-corrected chi connectivity index (χ1v) is 15.1. The number of halogens is 1. The third-order valence-corrected chi connectivity index (χ3v) is 7.65. The molecule has 1 unspecified atom stereocenters. The summed E-state index contributed by atoms with van der Waals surface area (Å²) in [5, 5.41) is 3.37. The third kappa shape index (κ3) is 7.82. The molecular weight excluding hydrogens is 598 g/mol. The van der Waals surface area contributed by atoms with Gasteiger partial charge in [0.05, 0.1) is 31.2 Å². The van der Waals surface area contributed by atoms with Crippen molar-refractivity contribution in [2.24, 2.45) is 0 Å². The Balaban J connectivity index is 1.49. The molecule has 3 heterocycles. The van der Waals surface area contributed by atoms with Crippen LogP contribution in [0.5, 0.6) is 5.75 Å². The zero-order valence-electron chi connectivity index (χ0n) is 25.7. The van der Waals surface area contributed by atoms with E-state index in [2.05, 4.69) is 10.3 Å². The maximum Gasteiger partial charge on any atom is 0.338 e. The van der Waals surface area contributed by atoms with Crippen molar-refractivity contribution in [3.05, 3.63) is 88.3 Å². The molecule has 0 aliphatic carbocycles. The average molecular weight is 634 g/mol. The first-order chi connectivity index (χ1) is 21.5. The maximum absolute atomic E-state index is 13.9. The molecule has 11 heteroatoms. The quantitative estimate of drug-likeness (QED) is 0.197. The molecule has 2 aromatic heterocycles.